The second-order valence-electron chi connectivity index (χ2n) is 8.00. The predicted molar refractivity (Wildman–Crippen MR) is 138 cm³/mol. The molecule has 0 unspecified atom stereocenters. The number of aliphatic carboxylic acids is 2. The Morgan fingerprint density at radius 1 is 1.00 bits per heavy atom. The maximum absolute atomic E-state index is 13.4. The SMILES string of the molecule is CCCC.Cc1cccc(CNc2nc(C(C(=O)O)C(=O)O)nc3scc(-c4ccc(F)cc4)c23)n1. The van der Waals surface area contributed by atoms with Gasteiger partial charge >= 0.3 is 11.9 Å². The molecule has 4 rings (SSSR count). The van der Waals surface area contributed by atoms with Gasteiger partial charge in [0.1, 0.15) is 16.5 Å². The number of nitrogens with one attached hydrogen (secondary N) is 1. The van der Waals surface area contributed by atoms with Crippen molar-refractivity contribution < 1.29 is 24.2 Å². The van der Waals surface area contributed by atoms with E-state index in [9.17, 15) is 24.2 Å². The highest BCUT2D eigenvalue weighted by molar-refractivity contribution is 7.17. The molecule has 0 spiro atoms. The van der Waals surface area contributed by atoms with Crippen molar-refractivity contribution in [3.8, 4) is 11.1 Å². The average Bonchev–Trinajstić information content (AvgIpc) is 3.27. The molecule has 3 N–H and O–H groups in total. The van der Waals surface area contributed by atoms with Crippen LogP contribution in [0.15, 0.2) is 47.8 Å². The van der Waals surface area contributed by atoms with E-state index in [-0.39, 0.29) is 24.0 Å². The molecule has 36 heavy (non-hydrogen) atoms. The van der Waals surface area contributed by atoms with Crippen molar-refractivity contribution in [2.75, 3.05) is 5.32 Å². The molecule has 0 aliphatic heterocycles. The van der Waals surface area contributed by atoms with Crippen LogP contribution in [0.1, 0.15) is 49.8 Å². The first-order valence-electron chi connectivity index (χ1n) is 11.4. The van der Waals surface area contributed by atoms with E-state index in [1.54, 1.807) is 17.5 Å². The van der Waals surface area contributed by atoms with E-state index in [0.29, 0.717) is 10.2 Å². The number of hydrogen-bond donors (Lipinski definition) is 3. The summed E-state index contributed by atoms with van der Waals surface area (Å²) in [5.74, 6) is -5.45. The van der Waals surface area contributed by atoms with Crippen molar-refractivity contribution in [2.24, 2.45) is 0 Å². The van der Waals surface area contributed by atoms with E-state index in [1.807, 2.05) is 25.1 Å². The van der Waals surface area contributed by atoms with Crippen LogP contribution in [0.25, 0.3) is 21.3 Å². The van der Waals surface area contributed by atoms with Gasteiger partial charge in [0, 0.05) is 16.6 Å². The first kappa shape index (κ1) is 26.7. The summed E-state index contributed by atoms with van der Waals surface area (Å²) in [6, 6.07) is 11.5. The van der Waals surface area contributed by atoms with Gasteiger partial charge in [-0.05, 0) is 36.8 Å². The van der Waals surface area contributed by atoms with Crippen LogP contribution in [-0.2, 0) is 16.1 Å². The number of aryl methyl sites for hydroxylation is 1. The van der Waals surface area contributed by atoms with Crippen molar-refractivity contribution in [3.63, 3.8) is 0 Å². The zero-order valence-electron chi connectivity index (χ0n) is 20.2. The number of carbonyl (C=O) groups is 2. The molecule has 0 atom stereocenters. The Balaban J connectivity index is 0.000000840. The van der Waals surface area contributed by atoms with E-state index in [2.05, 4.69) is 34.1 Å². The normalized spacial score (nSPS) is 10.7. The molecule has 0 saturated carbocycles. The van der Waals surface area contributed by atoms with Crippen molar-refractivity contribution in [2.45, 2.75) is 46.1 Å². The largest absolute Gasteiger partial charge is 0.480 e. The third kappa shape index (κ3) is 6.39. The van der Waals surface area contributed by atoms with E-state index in [1.165, 1.54) is 36.3 Å². The number of pyridine rings is 1. The molecule has 0 aliphatic carbocycles. The van der Waals surface area contributed by atoms with Gasteiger partial charge < -0.3 is 15.5 Å². The molecule has 4 aromatic rings. The molecular weight excluding hydrogens is 483 g/mol. The monoisotopic (exact) mass is 510 g/mol. The molecule has 0 fully saturated rings. The summed E-state index contributed by atoms with van der Waals surface area (Å²) >= 11 is 1.22. The molecule has 0 radical (unpaired) electrons. The minimum Gasteiger partial charge on any atom is -0.480 e. The number of hydrogen-bond acceptors (Lipinski definition) is 7. The molecule has 0 aliphatic rings. The van der Waals surface area contributed by atoms with Gasteiger partial charge in [0.05, 0.1) is 17.6 Å². The quantitative estimate of drug-likeness (QED) is 0.251. The number of anilines is 1. The molecule has 0 bridgehead atoms. The third-order valence-corrected chi connectivity index (χ3v) is 6.11. The van der Waals surface area contributed by atoms with Gasteiger partial charge in [-0.15, -0.1) is 11.3 Å². The molecule has 3 heterocycles. The van der Waals surface area contributed by atoms with Crippen LogP contribution in [-0.4, -0.2) is 37.1 Å². The summed E-state index contributed by atoms with van der Waals surface area (Å²) in [5, 5.41) is 24.3. The van der Waals surface area contributed by atoms with Crippen LogP contribution < -0.4 is 5.32 Å². The summed E-state index contributed by atoms with van der Waals surface area (Å²) in [4.78, 5) is 36.4. The minimum absolute atomic E-state index is 0.275. The van der Waals surface area contributed by atoms with Gasteiger partial charge in [0.2, 0.25) is 5.92 Å². The Morgan fingerprint density at radius 2 is 1.67 bits per heavy atom. The summed E-state index contributed by atoms with van der Waals surface area (Å²) in [6.45, 7) is 6.50. The minimum atomic E-state index is -1.91. The highest BCUT2D eigenvalue weighted by Crippen LogP contribution is 2.38. The number of carboxylic acids is 2. The number of rotatable bonds is 8. The van der Waals surface area contributed by atoms with Crippen LogP contribution >= 0.6 is 11.3 Å². The maximum atomic E-state index is 13.4. The standard InChI is InChI=1S/C22H17FN4O4S.C4H10/c1-11-3-2-4-14(25-11)9-24-18-16-15(12-5-7-13(23)8-6-12)10-32-20(16)27-19(26-18)17(21(28)29)22(30)31;1-3-4-2/h2-8,10,17H,9H2,1H3,(H,28,29)(H,30,31)(H,24,26,27);3-4H2,1-2H3. The first-order valence-corrected chi connectivity index (χ1v) is 12.3. The first-order chi connectivity index (χ1) is 17.2. The van der Waals surface area contributed by atoms with Crippen LogP contribution in [0.3, 0.4) is 0 Å². The lowest BCUT2D eigenvalue weighted by Gasteiger charge is -2.12. The Labute approximate surface area is 211 Å². The molecule has 188 valence electrons. The van der Waals surface area contributed by atoms with E-state index < -0.39 is 17.9 Å². The second-order valence-corrected chi connectivity index (χ2v) is 8.86. The number of nitrogens with zero attached hydrogens (tertiary/aromatic N) is 3. The van der Waals surface area contributed by atoms with Gasteiger partial charge in [0.15, 0.2) is 5.82 Å². The van der Waals surface area contributed by atoms with Gasteiger partial charge in [-0.25, -0.2) is 14.4 Å². The average molecular weight is 511 g/mol. The molecule has 0 amide bonds. The van der Waals surface area contributed by atoms with Gasteiger partial charge in [-0.2, -0.15) is 0 Å². The van der Waals surface area contributed by atoms with Crippen molar-refractivity contribution in [1.29, 1.82) is 0 Å². The van der Waals surface area contributed by atoms with E-state index in [4.69, 9.17) is 0 Å². The predicted octanol–water partition coefficient (Wildman–Crippen LogP) is 5.87. The molecule has 8 nitrogen and oxygen atoms in total. The molecule has 0 saturated heterocycles. The van der Waals surface area contributed by atoms with Crippen LogP contribution in [0.2, 0.25) is 0 Å². The highest BCUT2D eigenvalue weighted by atomic mass is 32.1. The van der Waals surface area contributed by atoms with Crippen molar-refractivity contribution >= 4 is 39.3 Å². The smallest absolute Gasteiger partial charge is 0.325 e. The zero-order chi connectivity index (χ0) is 26.2. The van der Waals surface area contributed by atoms with Crippen LogP contribution in [0.4, 0.5) is 10.2 Å². The van der Waals surface area contributed by atoms with Crippen LogP contribution in [0.5, 0.6) is 0 Å². The number of benzene rings is 1. The lowest BCUT2D eigenvalue weighted by Crippen LogP contribution is -2.23. The summed E-state index contributed by atoms with van der Waals surface area (Å²) in [5.41, 5.74) is 3.00. The molecule has 3 aromatic heterocycles. The summed E-state index contributed by atoms with van der Waals surface area (Å²) in [7, 11) is 0. The van der Waals surface area contributed by atoms with Gasteiger partial charge in [0.25, 0.3) is 0 Å². The highest BCUT2D eigenvalue weighted by Gasteiger charge is 2.32. The van der Waals surface area contributed by atoms with E-state index >= 15 is 0 Å². The number of aromatic nitrogens is 3. The zero-order valence-corrected chi connectivity index (χ0v) is 21.0. The summed E-state index contributed by atoms with van der Waals surface area (Å²) in [6.07, 6.45) is 2.64. The maximum Gasteiger partial charge on any atom is 0.325 e. The lowest BCUT2D eigenvalue weighted by atomic mass is 10.1. The lowest BCUT2D eigenvalue weighted by molar-refractivity contribution is -0.150. The Hall–Kier alpha value is -3.92. The Morgan fingerprint density at radius 3 is 2.25 bits per heavy atom. The Kier molecular flexibility index (Phi) is 9.02. The van der Waals surface area contributed by atoms with Gasteiger partial charge in [-0.1, -0.05) is 44.9 Å². The fourth-order valence-electron chi connectivity index (χ4n) is 3.26. The second kappa shape index (κ2) is 12.2. The number of halogens is 1. The molecule has 10 heteroatoms. The molecular formula is C26H27FN4O4S. The number of unbranched alkanes of at least 4 members (excludes halogenated alkanes) is 1. The van der Waals surface area contributed by atoms with Crippen molar-refractivity contribution in [1.82, 2.24) is 15.0 Å². The summed E-state index contributed by atoms with van der Waals surface area (Å²) < 4.78 is 13.4. The van der Waals surface area contributed by atoms with Gasteiger partial charge in [-0.3, -0.25) is 14.6 Å². The fraction of sp³-hybridized carbons (Fsp3) is 0.269. The van der Waals surface area contributed by atoms with Crippen molar-refractivity contribution in [3.05, 3.63) is 70.9 Å². The third-order valence-electron chi connectivity index (χ3n) is 5.24. The molecule has 1 aromatic carbocycles. The van der Waals surface area contributed by atoms with Crippen LogP contribution in [0, 0.1) is 12.7 Å². The van der Waals surface area contributed by atoms with E-state index in [0.717, 1.165) is 22.5 Å². The number of thiophene rings is 1. The number of carboxylic acid groups (broad SMARTS) is 2. The topological polar surface area (TPSA) is 125 Å². The fourth-order valence-corrected chi connectivity index (χ4v) is 4.21. The Bertz CT molecular complexity index is 1340. The number of fused-ring (bicyclic) bond motifs is 1.